The SMILES string of the molecule is O=C(O)c1c(CO)cc2c(c1C(=O)O)Cc1ccccc1-2. The lowest BCUT2D eigenvalue weighted by molar-refractivity contribution is 0.0648. The number of carbonyl (C=O) groups is 2. The predicted molar refractivity (Wildman–Crippen MR) is 74.5 cm³/mol. The van der Waals surface area contributed by atoms with Gasteiger partial charge in [0.05, 0.1) is 17.7 Å². The van der Waals surface area contributed by atoms with Crippen molar-refractivity contribution in [2.24, 2.45) is 0 Å². The van der Waals surface area contributed by atoms with Crippen LogP contribution in [0.3, 0.4) is 0 Å². The predicted octanol–water partition coefficient (Wildman–Crippen LogP) is 2.15. The van der Waals surface area contributed by atoms with Crippen molar-refractivity contribution in [2.75, 3.05) is 0 Å². The van der Waals surface area contributed by atoms with Gasteiger partial charge in [-0.25, -0.2) is 9.59 Å². The molecule has 5 heteroatoms. The maximum atomic E-state index is 11.6. The Morgan fingerprint density at radius 1 is 1.00 bits per heavy atom. The van der Waals surface area contributed by atoms with Gasteiger partial charge in [0, 0.05) is 0 Å². The lowest BCUT2D eigenvalue weighted by Gasteiger charge is -2.13. The Morgan fingerprint density at radius 3 is 2.29 bits per heavy atom. The van der Waals surface area contributed by atoms with E-state index >= 15 is 0 Å². The van der Waals surface area contributed by atoms with E-state index in [0.717, 1.165) is 11.1 Å². The maximum Gasteiger partial charge on any atom is 0.336 e. The van der Waals surface area contributed by atoms with Gasteiger partial charge < -0.3 is 15.3 Å². The summed E-state index contributed by atoms with van der Waals surface area (Å²) in [6.45, 7) is -0.517. The van der Waals surface area contributed by atoms with E-state index in [9.17, 15) is 24.9 Å². The fourth-order valence-corrected chi connectivity index (χ4v) is 2.94. The van der Waals surface area contributed by atoms with Gasteiger partial charge in [0.25, 0.3) is 0 Å². The number of carboxylic acid groups (broad SMARTS) is 2. The number of aliphatic hydroxyl groups excluding tert-OH is 1. The zero-order valence-corrected chi connectivity index (χ0v) is 11.0. The summed E-state index contributed by atoms with van der Waals surface area (Å²) in [6.07, 6.45) is 0.388. The molecule has 0 radical (unpaired) electrons. The Morgan fingerprint density at radius 2 is 1.67 bits per heavy atom. The molecular weight excluding hydrogens is 272 g/mol. The maximum absolute atomic E-state index is 11.6. The van der Waals surface area contributed by atoms with E-state index in [1.807, 2.05) is 24.3 Å². The largest absolute Gasteiger partial charge is 0.478 e. The summed E-state index contributed by atoms with van der Waals surface area (Å²) in [6, 6.07) is 9.04. The van der Waals surface area contributed by atoms with Crippen molar-refractivity contribution in [2.45, 2.75) is 13.0 Å². The molecule has 0 heterocycles. The first-order valence-electron chi connectivity index (χ1n) is 6.39. The molecule has 21 heavy (non-hydrogen) atoms. The van der Waals surface area contributed by atoms with Crippen LogP contribution in [0.5, 0.6) is 0 Å². The number of aliphatic hydroxyl groups is 1. The molecule has 2 aromatic rings. The minimum atomic E-state index is -1.34. The average molecular weight is 284 g/mol. The van der Waals surface area contributed by atoms with E-state index in [1.54, 1.807) is 6.07 Å². The van der Waals surface area contributed by atoms with Crippen LogP contribution in [0.1, 0.15) is 37.4 Å². The van der Waals surface area contributed by atoms with E-state index in [1.165, 1.54) is 0 Å². The zero-order chi connectivity index (χ0) is 15.1. The number of benzene rings is 2. The normalized spacial score (nSPS) is 11.9. The molecule has 0 atom stereocenters. The molecule has 0 aromatic heterocycles. The third-order valence-corrected chi connectivity index (χ3v) is 3.79. The molecule has 5 nitrogen and oxygen atoms in total. The first kappa shape index (κ1) is 13.3. The second-order valence-corrected chi connectivity index (χ2v) is 4.91. The molecule has 106 valence electrons. The minimum absolute atomic E-state index is 0.121. The Hall–Kier alpha value is -2.66. The van der Waals surface area contributed by atoms with Crippen LogP contribution in [0.25, 0.3) is 11.1 Å². The number of hydrogen-bond donors (Lipinski definition) is 3. The van der Waals surface area contributed by atoms with E-state index in [4.69, 9.17) is 0 Å². The lowest BCUT2D eigenvalue weighted by atomic mass is 9.91. The average Bonchev–Trinajstić information content (AvgIpc) is 2.82. The van der Waals surface area contributed by atoms with Crippen LogP contribution in [0, 0.1) is 0 Å². The Balaban J connectivity index is 2.39. The number of rotatable bonds is 3. The summed E-state index contributed by atoms with van der Waals surface area (Å²) in [5.74, 6) is -2.62. The lowest BCUT2D eigenvalue weighted by Crippen LogP contribution is -2.14. The monoisotopic (exact) mass is 284 g/mol. The Kier molecular flexibility index (Phi) is 2.99. The van der Waals surface area contributed by atoms with Crippen LogP contribution in [0.2, 0.25) is 0 Å². The third-order valence-electron chi connectivity index (χ3n) is 3.79. The van der Waals surface area contributed by atoms with Gasteiger partial charge in [0.1, 0.15) is 0 Å². The molecule has 0 amide bonds. The van der Waals surface area contributed by atoms with Crippen molar-refractivity contribution in [1.29, 1.82) is 0 Å². The van der Waals surface area contributed by atoms with Gasteiger partial charge in [0.2, 0.25) is 0 Å². The molecule has 0 unspecified atom stereocenters. The molecule has 1 aliphatic carbocycles. The fourth-order valence-electron chi connectivity index (χ4n) is 2.94. The molecule has 1 aliphatic rings. The molecular formula is C16H12O5. The summed E-state index contributed by atoms with van der Waals surface area (Å²) >= 11 is 0. The van der Waals surface area contributed by atoms with Crippen LogP contribution >= 0.6 is 0 Å². The van der Waals surface area contributed by atoms with Crippen LogP contribution in [-0.2, 0) is 13.0 Å². The van der Waals surface area contributed by atoms with Crippen molar-refractivity contribution in [1.82, 2.24) is 0 Å². The molecule has 0 saturated carbocycles. The van der Waals surface area contributed by atoms with Gasteiger partial charge in [0.15, 0.2) is 0 Å². The summed E-state index contributed by atoms with van der Waals surface area (Å²) in [4.78, 5) is 23.0. The highest BCUT2D eigenvalue weighted by molar-refractivity contribution is 6.06. The molecule has 3 N–H and O–H groups in total. The van der Waals surface area contributed by atoms with Crippen molar-refractivity contribution < 1.29 is 24.9 Å². The molecule has 0 fully saturated rings. The summed E-state index contributed by atoms with van der Waals surface area (Å²) in [7, 11) is 0. The Labute approximate surface area is 120 Å². The van der Waals surface area contributed by atoms with Gasteiger partial charge in [-0.05, 0) is 40.3 Å². The second-order valence-electron chi connectivity index (χ2n) is 4.91. The van der Waals surface area contributed by atoms with Crippen molar-refractivity contribution in [3.05, 3.63) is 58.1 Å². The number of carboxylic acids is 2. The Bertz CT molecular complexity index is 776. The van der Waals surface area contributed by atoms with Gasteiger partial charge in [-0.1, -0.05) is 24.3 Å². The molecule has 0 saturated heterocycles. The van der Waals surface area contributed by atoms with E-state index in [-0.39, 0.29) is 16.7 Å². The van der Waals surface area contributed by atoms with E-state index in [0.29, 0.717) is 17.5 Å². The summed E-state index contributed by atoms with van der Waals surface area (Å²) in [5.41, 5.74) is 2.62. The van der Waals surface area contributed by atoms with E-state index in [2.05, 4.69) is 0 Å². The van der Waals surface area contributed by atoms with Crippen molar-refractivity contribution >= 4 is 11.9 Å². The highest BCUT2D eigenvalue weighted by atomic mass is 16.4. The first-order valence-corrected chi connectivity index (χ1v) is 6.39. The van der Waals surface area contributed by atoms with Crippen LogP contribution < -0.4 is 0 Å². The number of aromatic carboxylic acids is 2. The van der Waals surface area contributed by atoms with Crippen LogP contribution in [0.4, 0.5) is 0 Å². The topological polar surface area (TPSA) is 94.8 Å². The van der Waals surface area contributed by atoms with Crippen molar-refractivity contribution in [3.63, 3.8) is 0 Å². The zero-order valence-electron chi connectivity index (χ0n) is 11.0. The number of fused-ring (bicyclic) bond motifs is 3. The standard InChI is InChI=1S/C16H12O5/c17-7-9-6-11-10-4-2-1-3-8(10)5-12(11)14(16(20)21)13(9)15(18)19/h1-4,6,17H,5,7H2,(H,18,19)(H,20,21). The van der Waals surface area contributed by atoms with Gasteiger partial charge in [-0.15, -0.1) is 0 Å². The van der Waals surface area contributed by atoms with Crippen molar-refractivity contribution in [3.8, 4) is 11.1 Å². The highest BCUT2D eigenvalue weighted by Gasteiger charge is 2.30. The number of hydrogen-bond acceptors (Lipinski definition) is 3. The third kappa shape index (κ3) is 1.90. The minimum Gasteiger partial charge on any atom is -0.478 e. The molecule has 3 rings (SSSR count). The second kappa shape index (κ2) is 4.71. The summed E-state index contributed by atoms with van der Waals surface area (Å²) in [5, 5.41) is 28.1. The molecule has 0 bridgehead atoms. The van der Waals surface area contributed by atoms with Gasteiger partial charge in [-0.3, -0.25) is 0 Å². The smallest absolute Gasteiger partial charge is 0.336 e. The van der Waals surface area contributed by atoms with Crippen LogP contribution in [0.15, 0.2) is 30.3 Å². The summed E-state index contributed by atoms with van der Waals surface area (Å²) < 4.78 is 0. The highest BCUT2D eigenvalue weighted by Crippen LogP contribution is 2.40. The fraction of sp³-hybridized carbons (Fsp3) is 0.125. The van der Waals surface area contributed by atoms with E-state index < -0.39 is 18.5 Å². The van der Waals surface area contributed by atoms with Gasteiger partial charge >= 0.3 is 11.9 Å². The first-order chi connectivity index (χ1) is 10.0. The molecule has 0 aliphatic heterocycles. The van der Waals surface area contributed by atoms with Crippen LogP contribution in [-0.4, -0.2) is 27.3 Å². The molecule has 0 spiro atoms. The molecule has 2 aromatic carbocycles. The quantitative estimate of drug-likeness (QED) is 0.685. The van der Waals surface area contributed by atoms with Gasteiger partial charge in [-0.2, -0.15) is 0 Å².